The quantitative estimate of drug-likeness (QED) is 0.748. The standard InChI is InChI=1S/C16H17N3OS/c1-3-4-11-5-6-12(15(20-2)16(11)21)13-9-19-10-17-8-7-14(19)18-13/h5-10,21H,3-4H2,1-2H3. The smallest absolute Gasteiger partial charge is 0.141 e. The van der Waals surface area contributed by atoms with Crippen molar-refractivity contribution < 1.29 is 4.74 Å². The van der Waals surface area contributed by atoms with Crippen molar-refractivity contribution in [3.05, 3.63) is 42.5 Å². The average Bonchev–Trinajstić information content (AvgIpc) is 2.93. The molecule has 3 rings (SSSR count). The molecule has 0 fully saturated rings. The first-order valence-corrected chi connectivity index (χ1v) is 7.37. The zero-order valence-corrected chi connectivity index (χ0v) is 13.0. The Morgan fingerprint density at radius 1 is 1.29 bits per heavy atom. The maximum absolute atomic E-state index is 5.57. The van der Waals surface area contributed by atoms with Gasteiger partial charge in [0.05, 0.1) is 17.7 Å². The molecule has 0 aliphatic carbocycles. The second-order valence-electron chi connectivity index (χ2n) is 4.88. The van der Waals surface area contributed by atoms with E-state index in [1.165, 1.54) is 5.56 Å². The number of rotatable bonds is 4. The summed E-state index contributed by atoms with van der Waals surface area (Å²) in [5.74, 6) is 0.778. The van der Waals surface area contributed by atoms with E-state index in [0.717, 1.165) is 40.4 Å². The van der Waals surface area contributed by atoms with Crippen LogP contribution in [0.4, 0.5) is 0 Å². The van der Waals surface area contributed by atoms with E-state index in [0.29, 0.717) is 0 Å². The lowest BCUT2D eigenvalue weighted by molar-refractivity contribution is 0.405. The molecule has 0 aliphatic heterocycles. The maximum Gasteiger partial charge on any atom is 0.141 e. The van der Waals surface area contributed by atoms with Crippen LogP contribution in [0.25, 0.3) is 16.9 Å². The van der Waals surface area contributed by atoms with E-state index >= 15 is 0 Å². The maximum atomic E-state index is 5.57. The zero-order valence-electron chi connectivity index (χ0n) is 12.1. The number of aromatic nitrogens is 3. The topological polar surface area (TPSA) is 39.4 Å². The van der Waals surface area contributed by atoms with Gasteiger partial charge in [-0.05, 0) is 24.1 Å². The minimum Gasteiger partial charge on any atom is -0.495 e. The molecule has 108 valence electrons. The Hall–Kier alpha value is -2.01. The first-order chi connectivity index (χ1) is 10.2. The summed E-state index contributed by atoms with van der Waals surface area (Å²) >= 11 is 4.64. The van der Waals surface area contributed by atoms with E-state index in [1.54, 1.807) is 19.6 Å². The molecular formula is C16H17N3OS. The SMILES string of the molecule is CCCc1ccc(-c2cn3cnccc3n2)c(OC)c1S. The third-order valence-corrected chi connectivity index (χ3v) is 3.97. The second kappa shape index (κ2) is 5.77. The van der Waals surface area contributed by atoms with Gasteiger partial charge in [-0.2, -0.15) is 0 Å². The molecular weight excluding hydrogens is 282 g/mol. The largest absolute Gasteiger partial charge is 0.495 e. The molecule has 0 spiro atoms. The van der Waals surface area contributed by atoms with E-state index < -0.39 is 0 Å². The van der Waals surface area contributed by atoms with Crippen molar-refractivity contribution >= 4 is 18.3 Å². The molecule has 0 saturated heterocycles. The Morgan fingerprint density at radius 3 is 2.86 bits per heavy atom. The molecule has 0 bridgehead atoms. The average molecular weight is 299 g/mol. The predicted octanol–water partition coefficient (Wildman–Crippen LogP) is 3.65. The van der Waals surface area contributed by atoms with Gasteiger partial charge >= 0.3 is 0 Å². The van der Waals surface area contributed by atoms with Gasteiger partial charge in [-0.15, -0.1) is 12.6 Å². The molecule has 0 saturated carbocycles. The highest BCUT2D eigenvalue weighted by molar-refractivity contribution is 7.80. The molecule has 0 N–H and O–H groups in total. The van der Waals surface area contributed by atoms with Crippen molar-refractivity contribution in [1.82, 2.24) is 14.4 Å². The Bertz CT molecular complexity index is 749. The molecule has 3 aromatic rings. The summed E-state index contributed by atoms with van der Waals surface area (Å²) in [5.41, 5.74) is 3.87. The lowest BCUT2D eigenvalue weighted by Gasteiger charge is -2.13. The molecule has 0 aliphatic rings. The van der Waals surface area contributed by atoms with Crippen LogP contribution < -0.4 is 4.74 Å². The third-order valence-electron chi connectivity index (χ3n) is 3.48. The Morgan fingerprint density at radius 2 is 2.14 bits per heavy atom. The highest BCUT2D eigenvalue weighted by atomic mass is 32.1. The molecule has 0 unspecified atom stereocenters. The fourth-order valence-corrected chi connectivity index (χ4v) is 2.86. The Labute approximate surface area is 129 Å². The highest BCUT2D eigenvalue weighted by Gasteiger charge is 2.15. The zero-order chi connectivity index (χ0) is 14.8. The first kappa shape index (κ1) is 13.9. The van der Waals surface area contributed by atoms with Gasteiger partial charge in [0.2, 0.25) is 0 Å². The van der Waals surface area contributed by atoms with Crippen LogP contribution in [-0.2, 0) is 6.42 Å². The van der Waals surface area contributed by atoms with Gasteiger partial charge in [-0.3, -0.25) is 4.40 Å². The normalized spacial score (nSPS) is 11.0. The number of hydrogen-bond donors (Lipinski definition) is 1. The van der Waals surface area contributed by atoms with E-state index in [4.69, 9.17) is 4.74 Å². The molecule has 4 nitrogen and oxygen atoms in total. The summed E-state index contributed by atoms with van der Waals surface area (Å²) < 4.78 is 7.47. The van der Waals surface area contributed by atoms with Gasteiger partial charge in [0.25, 0.3) is 0 Å². The van der Waals surface area contributed by atoms with E-state index in [2.05, 4.69) is 41.7 Å². The number of thiol groups is 1. The number of imidazole rings is 1. The molecule has 21 heavy (non-hydrogen) atoms. The molecule has 5 heteroatoms. The lowest BCUT2D eigenvalue weighted by Crippen LogP contribution is -1.94. The summed E-state index contributed by atoms with van der Waals surface area (Å²) in [7, 11) is 1.67. The van der Waals surface area contributed by atoms with Crippen LogP contribution in [0.5, 0.6) is 5.75 Å². The molecule has 0 atom stereocenters. The van der Waals surface area contributed by atoms with Crippen LogP contribution in [0.15, 0.2) is 41.8 Å². The number of fused-ring (bicyclic) bond motifs is 1. The fraction of sp³-hybridized carbons (Fsp3) is 0.250. The van der Waals surface area contributed by atoms with Crippen LogP contribution in [0.3, 0.4) is 0 Å². The van der Waals surface area contributed by atoms with Crippen molar-refractivity contribution in [3.8, 4) is 17.0 Å². The summed E-state index contributed by atoms with van der Waals surface area (Å²) in [6.45, 7) is 2.16. The van der Waals surface area contributed by atoms with Gasteiger partial charge in [0, 0.05) is 18.0 Å². The van der Waals surface area contributed by atoms with Crippen molar-refractivity contribution in [3.63, 3.8) is 0 Å². The van der Waals surface area contributed by atoms with E-state index in [9.17, 15) is 0 Å². The number of nitrogens with zero attached hydrogens (tertiary/aromatic N) is 3. The third kappa shape index (κ3) is 2.49. The van der Waals surface area contributed by atoms with Crippen molar-refractivity contribution in [2.75, 3.05) is 7.11 Å². The number of benzene rings is 1. The van der Waals surface area contributed by atoms with Crippen LogP contribution in [-0.4, -0.2) is 21.5 Å². The summed E-state index contributed by atoms with van der Waals surface area (Å²) in [5, 5.41) is 0. The lowest BCUT2D eigenvalue weighted by atomic mass is 10.0. The van der Waals surface area contributed by atoms with Gasteiger partial charge in [0.15, 0.2) is 0 Å². The number of methoxy groups -OCH3 is 1. The summed E-state index contributed by atoms with van der Waals surface area (Å²) in [6, 6.07) is 6.04. The number of aryl methyl sites for hydroxylation is 1. The fourth-order valence-electron chi connectivity index (χ4n) is 2.46. The van der Waals surface area contributed by atoms with Crippen molar-refractivity contribution in [2.24, 2.45) is 0 Å². The molecule has 0 amide bonds. The minimum absolute atomic E-state index is 0.778. The predicted molar refractivity (Wildman–Crippen MR) is 86.2 cm³/mol. The summed E-state index contributed by atoms with van der Waals surface area (Å²) in [4.78, 5) is 9.61. The first-order valence-electron chi connectivity index (χ1n) is 6.92. The molecule has 0 radical (unpaired) electrons. The Balaban J connectivity index is 2.15. The van der Waals surface area contributed by atoms with Crippen molar-refractivity contribution in [1.29, 1.82) is 0 Å². The van der Waals surface area contributed by atoms with Crippen LogP contribution in [0.1, 0.15) is 18.9 Å². The number of ether oxygens (including phenoxy) is 1. The second-order valence-corrected chi connectivity index (χ2v) is 5.32. The van der Waals surface area contributed by atoms with Crippen LogP contribution in [0, 0.1) is 0 Å². The number of hydrogen-bond acceptors (Lipinski definition) is 4. The van der Waals surface area contributed by atoms with Gasteiger partial charge in [-0.25, -0.2) is 9.97 Å². The van der Waals surface area contributed by atoms with Crippen molar-refractivity contribution in [2.45, 2.75) is 24.7 Å². The van der Waals surface area contributed by atoms with Gasteiger partial charge in [0.1, 0.15) is 17.7 Å². The van der Waals surface area contributed by atoms with E-state index in [-0.39, 0.29) is 0 Å². The highest BCUT2D eigenvalue weighted by Crippen LogP contribution is 2.37. The molecule has 1 aromatic carbocycles. The van der Waals surface area contributed by atoms with Gasteiger partial charge < -0.3 is 4.74 Å². The monoisotopic (exact) mass is 299 g/mol. The molecule has 2 heterocycles. The van der Waals surface area contributed by atoms with Crippen LogP contribution >= 0.6 is 12.6 Å². The van der Waals surface area contributed by atoms with E-state index in [1.807, 2.05) is 16.7 Å². The summed E-state index contributed by atoms with van der Waals surface area (Å²) in [6.07, 6.45) is 7.50. The minimum atomic E-state index is 0.778. The molecule has 2 aromatic heterocycles. The Kier molecular flexibility index (Phi) is 3.84. The van der Waals surface area contributed by atoms with Gasteiger partial charge in [-0.1, -0.05) is 19.4 Å². The van der Waals surface area contributed by atoms with Crippen LogP contribution in [0.2, 0.25) is 0 Å².